The summed E-state index contributed by atoms with van der Waals surface area (Å²) in [5.41, 5.74) is 9.66. The molecule has 0 saturated heterocycles. The number of hydrogen-bond donors (Lipinski definition) is 2. The van der Waals surface area contributed by atoms with Crippen molar-refractivity contribution in [3.05, 3.63) is 66.7 Å². The third kappa shape index (κ3) is 15.0. The van der Waals surface area contributed by atoms with Gasteiger partial charge in [-0.15, -0.1) is 0 Å². The van der Waals surface area contributed by atoms with Gasteiger partial charge in [0.1, 0.15) is 12.4 Å². The quantitative estimate of drug-likeness (QED) is 0.0907. The van der Waals surface area contributed by atoms with Crippen LogP contribution in [0, 0.1) is 5.41 Å². The molecule has 1 saturated carbocycles. The molecule has 5 nitrogen and oxygen atoms in total. The van der Waals surface area contributed by atoms with Crippen molar-refractivity contribution in [1.29, 1.82) is 0 Å². The monoisotopic (exact) mass is 676 g/mol. The highest BCUT2D eigenvalue weighted by atomic mass is 79.9. The van der Waals surface area contributed by atoms with Crippen LogP contribution in [-0.2, 0) is 0 Å². The molecule has 1 aliphatic carbocycles. The Morgan fingerprint density at radius 1 is 1.07 bits per heavy atom. The molecule has 1 aliphatic rings. The molecule has 1 fully saturated rings. The van der Waals surface area contributed by atoms with Crippen molar-refractivity contribution < 1.29 is 4.74 Å². The summed E-state index contributed by atoms with van der Waals surface area (Å²) in [6.07, 6.45) is 7.90. The van der Waals surface area contributed by atoms with Gasteiger partial charge in [-0.3, -0.25) is 0 Å². The molecule has 234 valence electrons. The Kier molecular flexibility index (Phi) is 18.3. The molecule has 3 N–H and O–H groups in total. The van der Waals surface area contributed by atoms with Crippen LogP contribution in [0.2, 0.25) is 0 Å². The van der Waals surface area contributed by atoms with E-state index in [1.165, 1.54) is 44.1 Å². The number of nitrogens with one attached hydrogen (secondary N) is 1. The van der Waals surface area contributed by atoms with Crippen LogP contribution in [0.1, 0.15) is 78.7 Å². The number of allylic oxidation sites excluding steroid dienone is 1. The van der Waals surface area contributed by atoms with E-state index in [0.717, 1.165) is 28.1 Å². The van der Waals surface area contributed by atoms with Gasteiger partial charge in [-0.1, -0.05) is 111 Å². The van der Waals surface area contributed by atoms with E-state index in [4.69, 9.17) is 22.7 Å². The molecule has 0 heterocycles. The fourth-order valence-corrected chi connectivity index (χ4v) is 5.57. The number of likely N-dealkylation sites (N-methyl/N-ethyl adjacent to an activating group) is 1. The smallest absolute Gasteiger partial charge is 0.199 e. The molecule has 0 aliphatic heterocycles. The van der Waals surface area contributed by atoms with Crippen molar-refractivity contribution >= 4 is 61.5 Å². The Bertz CT molecular complexity index is 1080. The second-order valence-corrected chi connectivity index (χ2v) is 13.5. The van der Waals surface area contributed by atoms with Crippen LogP contribution in [0.4, 0.5) is 5.69 Å². The Balaban J connectivity index is 0.000000613. The van der Waals surface area contributed by atoms with Crippen molar-refractivity contribution in [2.75, 3.05) is 37.1 Å². The van der Waals surface area contributed by atoms with Gasteiger partial charge in [0, 0.05) is 22.3 Å². The van der Waals surface area contributed by atoms with Crippen molar-refractivity contribution in [2.24, 2.45) is 16.1 Å². The number of amidine groups is 1. The van der Waals surface area contributed by atoms with Crippen LogP contribution < -0.4 is 15.8 Å². The average molecular weight is 678 g/mol. The number of hydrogen-bond acceptors (Lipinski definition) is 4. The zero-order valence-corrected chi connectivity index (χ0v) is 30.1. The molecule has 0 bridgehead atoms. The molecule has 0 amide bonds. The summed E-state index contributed by atoms with van der Waals surface area (Å²) in [6.45, 7) is 15.2. The fourth-order valence-electron chi connectivity index (χ4n) is 4.03. The van der Waals surface area contributed by atoms with Crippen LogP contribution in [-0.4, -0.2) is 52.5 Å². The summed E-state index contributed by atoms with van der Waals surface area (Å²) in [5, 5.41) is 4.89. The third-order valence-corrected chi connectivity index (χ3v) is 9.44. The number of alkyl halides is 1. The first-order chi connectivity index (χ1) is 19.9. The third-order valence-electron chi connectivity index (χ3n) is 7.34. The second kappa shape index (κ2) is 20.2. The van der Waals surface area contributed by atoms with Gasteiger partial charge in [0.25, 0.3) is 0 Å². The molecular weight excluding hydrogens is 624 g/mol. The van der Waals surface area contributed by atoms with Crippen molar-refractivity contribution in [2.45, 2.75) is 78.7 Å². The number of nitrogens with zero attached hydrogens (tertiary/aromatic N) is 2. The fraction of sp³-hybridized carbons (Fsp3) is 0.529. The second-order valence-electron chi connectivity index (χ2n) is 11.5. The van der Waals surface area contributed by atoms with E-state index < -0.39 is 0 Å². The van der Waals surface area contributed by atoms with Gasteiger partial charge in [0.05, 0.1) is 0 Å². The molecule has 3 rings (SSSR count). The van der Waals surface area contributed by atoms with Gasteiger partial charge in [-0.25, -0.2) is 0 Å². The summed E-state index contributed by atoms with van der Waals surface area (Å²) < 4.78 is 5.91. The molecule has 42 heavy (non-hydrogen) atoms. The maximum Gasteiger partial charge on any atom is 0.199 e. The number of aliphatic imine (C=N–C) groups is 1. The lowest BCUT2D eigenvalue weighted by Gasteiger charge is -2.32. The van der Waals surface area contributed by atoms with Gasteiger partial charge in [-0.2, -0.15) is 4.99 Å². The molecule has 0 unspecified atom stereocenters. The van der Waals surface area contributed by atoms with E-state index in [9.17, 15) is 0 Å². The average Bonchev–Trinajstić information content (AvgIpc) is 3.21. The molecule has 2 aromatic rings. The number of thiocarbonyl (C=S) groups is 1. The lowest BCUT2D eigenvalue weighted by atomic mass is 9.85. The molecular formula is C34H53BrN4OS2. The summed E-state index contributed by atoms with van der Waals surface area (Å²) in [4.78, 5) is 6.51. The van der Waals surface area contributed by atoms with E-state index in [2.05, 4.69) is 84.7 Å². The molecule has 0 aromatic heterocycles. The van der Waals surface area contributed by atoms with Crippen molar-refractivity contribution in [3.8, 4) is 5.75 Å². The minimum atomic E-state index is -0.0315. The summed E-state index contributed by atoms with van der Waals surface area (Å²) >= 11 is 10.3. The number of anilines is 1. The Labute approximate surface area is 274 Å². The van der Waals surface area contributed by atoms with Crippen molar-refractivity contribution in [1.82, 2.24) is 4.90 Å². The van der Waals surface area contributed by atoms with Gasteiger partial charge >= 0.3 is 0 Å². The number of ether oxygens (including phenoxy) is 1. The van der Waals surface area contributed by atoms with Gasteiger partial charge in [0.15, 0.2) is 10.3 Å². The van der Waals surface area contributed by atoms with Crippen LogP contribution in [0.25, 0.3) is 5.57 Å². The number of nitrogens with two attached hydrogens (primary N) is 1. The molecule has 0 atom stereocenters. The molecule has 0 spiro atoms. The summed E-state index contributed by atoms with van der Waals surface area (Å²) in [5.74, 6) is 1.83. The largest absolute Gasteiger partial charge is 0.492 e. The lowest BCUT2D eigenvalue weighted by Crippen LogP contribution is -2.43. The van der Waals surface area contributed by atoms with E-state index in [-0.39, 0.29) is 5.54 Å². The van der Waals surface area contributed by atoms with E-state index in [0.29, 0.717) is 22.3 Å². The minimum absolute atomic E-state index is 0.0315. The van der Waals surface area contributed by atoms with Gasteiger partial charge < -0.3 is 20.7 Å². The predicted molar refractivity (Wildman–Crippen MR) is 196 cm³/mol. The summed E-state index contributed by atoms with van der Waals surface area (Å²) in [7, 11) is 4.11. The number of rotatable bonds is 9. The van der Waals surface area contributed by atoms with Gasteiger partial charge in [0.2, 0.25) is 0 Å². The number of halogens is 1. The van der Waals surface area contributed by atoms with Crippen LogP contribution >= 0.6 is 39.9 Å². The molecule has 0 radical (unpaired) electrons. The highest BCUT2D eigenvalue weighted by Gasteiger charge is 2.26. The van der Waals surface area contributed by atoms with E-state index in [1.54, 1.807) is 11.8 Å². The lowest BCUT2D eigenvalue weighted by molar-refractivity contribution is 0.114. The maximum absolute atomic E-state index is 6.13. The number of thioether (sulfide) groups is 1. The summed E-state index contributed by atoms with van der Waals surface area (Å²) in [6, 6.07) is 17.9. The first-order valence-electron chi connectivity index (χ1n) is 14.9. The Morgan fingerprint density at radius 3 is 2.17 bits per heavy atom. The van der Waals surface area contributed by atoms with E-state index >= 15 is 0 Å². The Morgan fingerprint density at radius 2 is 1.64 bits per heavy atom. The normalized spacial score (nSPS) is 14.8. The Hall–Kier alpha value is -1.87. The van der Waals surface area contributed by atoms with Crippen LogP contribution in [0.5, 0.6) is 5.75 Å². The minimum Gasteiger partial charge on any atom is -0.492 e. The zero-order valence-electron chi connectivity index (χ0n) is 26.8. The van der Waals surface area contributed by atoms with Gasteiger partial charge in [-0.05, 0) is 93.8 Å². The predicted octanol–water partition coefficient (Wildman–Crippen LogP) is 9.63. The first kappa shape index (κ1) is 38.2. The molecule has 8 heteroatoms. The zero-order chi connectivity index (χ0) is 31.6. The topological polar surface area (TPSA) is 62.9 Å². The van der Waals surface area contributed by atoms with Crippen molar-refractivity contribution in [3.63, 3.8) is 0 Å². The highest BCUT2D eigenvalue weighted by molar-refractivity contribution is 9.09. The van der Waals surface area contributed by atoms with E-state index in [1.807, 2.05) is 56.3 Å². The molecule has 2 aromatic carbocycles. The standard InChI is InChI=1S/C23H38N4OS2.C9H9Br.C2H6/c1-22(2,27(4)5)16-28-19-12-10-18(11-13-19)25-21(29)26-20(24)30-17-23(3)14-8-6-7-9-15-23;1-8(7-10)9-5-3-2-4-6-9;1-2/h10-13H,6-9,14-17H2,1-5H3,(H3,24,25,26,29);2-6H,1,7H2;1-2H3. The SMILES string of the molecule is C=C(CBr)c1ccccc1.CC.CN(C)C(C)(C)COc1ccc(NC(=S)/N=C(\N)SCC2(C)CCCCCC2)cc1. The maximum atomic E-state index is 6.13. The number of benzene rings is 2. The first-order valence-corrected chi connectivity index (χ1v) is 17.4. The van der Waals surface area contributed by atoms with Crippen LogP contribution in [0.3, 0.4) is 0 Å². The highest BCUT2D eigenvalue weighted by Crippen LogP contribution is 2.37. The van der Waals surface area contributed by atoms with Crippen LogP contribution in [0.15, 0.2) is 66.2 Å².